The van der Waals surface area contributed by atoms with E-state index in [1.165, 1.54) is 5.56 Å². The van der Waals surface area contributed by atoms with Crippen LogP contribution in [0.3, 0.4) is 0 Å². The van der Waals surface area contributed by atoms with Crippen molar-refractivity contribution in [2.24, 2.45) is 0 Å². The summed E-state index contributed by atoms with van der Waals surface area (Å²) in [5, 5.41) is 0.965. The Bertz CT molecular complexity index is 812. The number of Topliss-reactive ketones (excluding diaryl/α,β-unsaturated/α-hetero) is 1. The maximum Gasteiger partial charge on any atom is 0.181 e. The Kier molecular flexibility index (Phi) is 3.96. The van der Waals surface area contributed by atoms with E-state index in [-0.39, 0.29) is 11.7 Å². The molecule has 0 bridgehead atoms. The van der Waals surface area contributed by atoms with Gasteiger partial charge in [0.1, 0.15) is 5.69 Å². The number of benzene rings is 1. The number of fused-ring (bicyclic) bond motifs is 1. The molecule has 1 atom stereocenters. The fraction of sp³-hybridized carbons (Fsp3) is 0.211. The molecule has 0 unspecified atom stereocenters. The fourth-order valence-electron chi connectivity index (χ4n) is 2.62. The lowest BCUT2D eigenvalue weighted by molar-refractivity contribution is 0.0971. The van der Waals surface area contributed by atoms with Crippen LogP contribution in [0.2, 0.25) is 0 Å². The molecule has 1 aromatic carbocycles. The monoisotopic (exact) mass is 290 g/mol. The van der Waals surface area contributed by atoms with Crippen molar-refractivity contribution in [3.63, 3.8) is 0 Å². The van der Waals surface area contributed by atoms with Crippen LogP contribution in [0.4, 0.5) is 0 Å². The molecule has 3 rings (SSSR count). The van der Waals surface area contributed by atoms with Crippen LogP contribution in [0.1, 0.15) is 40.9 Å². The first-order valence-electron chi connectivity index (χ1n) is 7.44. The van der Waals surface area contributed by atoms with Gasteiger partial charge >= 0.3 is 0 Å². The average Bonchev–Trinajstić information content (AvgIpc) is 2.55. The third-order valence-corrected chi connectivity index (χ3v) is 3.93. The number of aryl methyl sites for hydroxylation is 1. The average molecular weight is 290 g/mol. The molecule has 0 aliphatic carbocycles. The lowest BCUT2D eigenvalue weighted by Gasteiger charge is -2.11. The summed E-state index contributed by atoms with van der Waals surface area (Å²) < 4.78 is 0. The van der Waals surface area contributed by atoms with Gasteiger partial charge < -0.3 is 0 Å². The van der Waals surface area contributed by atoms with E-state index in [0.717, 1.165) is 16.5 Å². The highest BCUT2D eigenvalue weighted by molar-refractivity contribution is 5.97. The molecule has 0 fully saturated rings. The Labute approximate surface area is 130 Å². The van der Waals surface area contributed by atoms with Gasteiger partial charge in [0.25, 0.3) is 0 Å². The van der Waals surface area contributed by atoms with Gasteiger partial charge in [0, 0.05) is 24.2 Å². The van der Waals surface area contributed by atoms with Gasteiger partial charge in [0.2, 0.25) is 0 Å². The van der Waals surface area contributed by atoms with Crippen LogP contribution in [-0.4, -0.2) is 15.8 Å². The van der Waals surface area contributed by atoms with Gasteiger partial charge in [-0.3, -0.25) is 9.78 Å². The van der Waals surface area contributed by atoms with Crippen LogP contribution in [0, 0.1) is 6.92 Å². The molecule has 2 aromatic heterocycles. The lowest BCUT2D eigenvalue weighted by Crippen LogP contribution is -2.07. The van der Waals surface area contributed by atoms with Crippen molar-refractivity contribution in [2.75, 3.05) is 0 Å². The second kappa shape index (κ2) is 6.06. The van der Waals surface area contributed by atoms with Gasteiger partial charge in [0.05, 0.1) is 5.52 Å². The molecule has 0 aliphatic heterocycles. The Morgan fingerprint density at radius 1 is 1.09 bits per heavy atom. The molecule has 3 aromatic rings. The molecule has 0 radical (unpaired) electrons. The lowest BCUT2D eigenvalue weighted by atomic mass is 9.94. The number of rotatable bonds is 4. The van der Waals surface area contributed by atoms with E-state index in [0.29, 0.717) is 12.1 Å². The summed E-state index contributed by atoms with van der Waals surface area (Å²) in [5.41, 5.74) is 3.55. The number of hydrogen-bond donors (Lipinski definition) is 0. The SMILES string of the molecule is Cc1cncc2ccc(C(=O)C[C@H](C)c3ccccc3)nc12. The fourth-order valence-corrected chi connectivity index (χ4v) is 2.62. The number of carbonyl (C=O) groups is 1. The van der Waals surface area contributed by atoms with Crippen molar-refractivity contribution in [3.05, 3.63) is 71.7 Å². The summed E-state index contributed by atoms with van der Waals surface area (Å²) in [7, 11) is 0. The molecule has 0 N–H and O–H groups in total. The zero-order valence-corrected chi connectivity index (χ0v) is 12.8. The predicted molar refractivity (Wildman–Crippen MR) is 88.1 cm³/mol. The number of hydrogen-bond acceptors (Lipinski definition) is 3. The molecule has 0 saturated carbocycles. The molecular weight excluding hydrogens is 272 g/mol. The van der Waals surface area contributed by atoms with Crippen LogP contribution in [0.5, 0.6) is 0 Å². The van der Waals surface area contributed by atoms with Crippen LogP contribution in [0.15, 0.2) is 54.9 Å². The highest BCUT2D eigenvalue weighted by Crippen LogP contribution is 2.22. The summed E-state index contributed by atoms with van der Waals surface area (Å²) in [5.74, 6) is 0.263. The van der Waals surface area contributed by atoms with E-state index >= 15 is 0 Å². The quantitative estimate of drug-likeness (QED) is 0.672. The van der Waals surface area contributed by atoms with Crippen molar-refractivity contribution >= 4 is 16.7 Å². The van der Waals surface area contributed by atoms with Crippen LogP contribution >= 0.6 is 0 Å². The van der Waals surface area contributed by atoms with Crippen LogP contribution < -0.4 is 0 Å². The third kappa shape index (κ3) is 2.89. The van der Waals surface area contributed by atoms with E-state index < -0.39 is 0 Å². The number of carbonyl (C=O) groups excluding carboxylic acids is 1. The van der Waals surface area contributed by atoms with Gasteiger partial charge in [-0.05, 0) is 36.1 Å². The topological polar surface area (TPSA) is 42.9 Å². The van der Waals surface area contributed by atoms with Crippen molar-refractivity contribution < 1.29 is 4.79 Å². The van der Waals surface area contributed by atoms with Gasteiger partial charge in [-0.1, -0.05) is 37.3 Å². The highest BCUT2D eigenvalue weighted by atomic mass is 16.1. The summed E-state index contributed by atoms with van der Waals surface area (Å²) in [6.45, 7) is 4.03. The van der Waals surface area contributed by atoms with Crippen molar-refractivity contribution in [1.29, 1.82) is 0 Å². The smallest absolute Gasteiger partial charge is 0.181 e. The maximum absolute atomic E-state index is 12.5. The molecule has 0 aliphatic rings. The van der Waals surface area contributed by atoms with E-state index in [9.17, 15) is 4.79 Å². The van der Waals surface area contributed by atoms with Gasteiger partial charge in [0.15, 0.2) is 5.78 Å². The third-order valence-electron chi connectivity index (χ3n) is 3.93. The summed E-state index contributed by atoms with van der Waals surface area (Å²) in [6.07, 6.45) is 4.01. The largest absolute Gasteiger partial charge is 0.292 e. The zero-order valence-electron chi connectivity index (χ0n) is 12.8. The maximum atomic E-state index is 12.5. The van der Waals surface area contributed by atoms with E-state index in [4.69, 9.17) is 0 Å². The molecule has 2 heterocycles. The highest BCUT2D eigenvalue weighted by Gasteiger charge is 2.14. The minimum Gasteiger partial charge on any atom is -0.292 e. The molecular formula is C19H18N2O. The van der Waals surface area contributed by atoms with E-state index in [1.807, 2.05) is 31.2 Å². The van der Waals surface area contributed by atoms with Gasteiger partial charge in [-0.15, -0.1) is 0 Å². The first kappa shape index (κ1) is 14.4. The predicted octanol–water partition coefficient (Wildman–Crippen LogP) is 4.31. The Morgan fingerprint density at radius 2 is 1.86 bits per heavy atom. The Hall–Kier alpha value is -2.55. The molecule has 0 saturated heterocycles. The van der Waals surface area contributed by atoms with Gasteiger partial charge in [-0.2, -0.15) is 0 Å². The number of nitrogens with zero attached hydrogens (tertiary/aromatic N) is 2. The summed E-state index contributed by atoms with van der Waals surface area (Å²) >= 11 is 0. The molecule has 0 spiro atoms. The second-order valence-corrected chi connectivity index (χ2v) is 5.66. The standard InChI is InChI=1S/C19H18N2O/c1-13(15-6-4-3-5-7-15)10-18(22)17-9-8-16-12-20-11-14(2)19(16)21-17/h3-9,11-13H,10H2,1-2H3/t13-/m0/s1. The first-order valence-corrected chi connectivity index (χ1v) is 7.44. The minimum atomic E-state index is 0.0782. The summed E-state index contributed by atoms with van der Waals surface area (Å²) in [4.78, 5) is 21.2. The number of aromatic nitrogens is 2. The van der Waals surface area contributed by atoms with Crippen LogP contribution in [-0.2, 0) is 0 Å². The van der Waals surface area contributed by atoms with E-state index in [1.54, 1.807) is 18.5 Å². The molecule has 110 valence electrons. The van der Waals surface area contributed by atoms with Crippen molar-refractivity contribution in [3.8, 4) is 0 Å². The second-order valence-electron chi connectivity index (χ2n) is 5.66. The normalized spacial score (nSPS) is 12.3. The first-order chi connectivity index (χ1) is 10.6. The molecule has 22 heavy (non-hydrogen) atoms. The molecule has 3 nitrogen and oxygen atoms in total. The number of pyridine rings is 2. The van der Waals surface area contributed by atoms with Gasteiger partial charge in [-0.25, -0.2) is 4.98 Å². The minimum absolute atomic E-state index is 0.0782. The molecule has 0 amide bonds. The number of ketones is 1. The van der Waals surface area contributed by atoms with Crippen LogP contribution in [0.25, 0.3) is 10.9 Å². The van der Waals surface area contributed by atoms with Crippen molar-refractivity contribution in [2.45, 2.75) is 26.2 Å². The molecule has 3 heteroatoms. The Morgan fingerprint density at radius 3 is 2.64 bits per heavy atom. The summed E-state index contributed by atoms with van der Waals surface area (Å²) in [6, 6.07) is 13.8. The Balaban J connectivity index is 1.85. The van der Waals surface area contributed by atoms with Crippen molar-refractivity contribution in [1.82, 2.24) is 9.97 Å². The zero-order chi connectivity index (χ0) is 15.5. The van der Waals surface area contributed by atoms with E-state index in [2.05, 4.69) is 29.0 Å².